The third kappa shape index (κ3) is 1.60. The third-order valence-electron chi connectivity index (χ3n) is 1.80. The fourth-order valence-corrected chi connectivity index (χ4v) is 1.14. The van der Waals surface area contributed by atoms with Crippen LogP contribution < -0.4 is 5.73 Å². The van der Waals surface area contributed by atoms with Crippen molar-refractivity contribution in [2.45, 2.75) is 33.4 Å². The molecule has 11 heavy (non-hydrogen) atoms. The zero-order chi connectivity index (χ0) is 8.43. The molecule has 0 fully saturated rings. The fraction of sp³-hybridized carbons (Fsp3) is 0.625. The largest absolute Gasteiger partial charge is 0.324 e. The van der Waals surface area contributed by atoms with E-state index in [2.05, 4.69) is 12.0 Å². The van der Waals surface area contributed by atoms with E-state index in [1.165, 1.54) is 0 Å². The van der Waals surface area contributed by atoms with Crippen molar-refractivity contribution in [3.8, 4) is 0 Å². The molecule has 1 atom stereocenters. The minimum Gasteiger partial charge on any atom is -0.324 e. The molecule has 0 aromatic carbocycles. The number of aryl methyl sites for hydroxylation is 2. The molecule has 0 amide bonds. The predicted molar refractivity (Wildman–Crippen MR) is 45.2 cm³/mol. The summed E-state index contributed by atoms with van der Waals surface area (Å²) in [7, 11) is 0. The lowest BCUT2D eigenvalue weighted by Gasteiger charge is -2.00. The Hall–Kier alpha value is -0.830. The van der Waals surface area contributed by atoms with Gasteiger partial charge in [-0.1, -0.05) is 0 Å². The molecule has 1 aromatic rings. The fourth-order valence-electron chi connectivity index (χ4n) is 1.14. The van der Waals surface area contributed by atoms with Crippen molar-refractivity contribution in [3.05, 3.63) is 17.5 Å². The summed E-state index contributed by atoms with van der Waals surface area (Å²) in [5, 5.41) is 4.29. The number of nitrogens with two attached hydrogens (primary N) is 1. The van der Waals surface area contributed by atoms with Gasteiger partial charge in [0.2, 0.25) is 0 Å². The van der Waals surface area contributed by atoms with Gasteiger partial charge >= 0.3 is 0 Å². The van der Waals surface area contributed by atoms with Gasteiger partial charge in [0.25, 0.3) is 0 Å². The van der Waals surface area contributed by atoms with E-state index in [4.69, 9.17) is 5.73 Å². The van der Waals surface area contributed by atoms with E-state index in [-0.39, 0.29) is 6.04 Å². The highest BCUT2D eigenvalue weighted by molar-refractivity contribution is 5.18. The van der Waals surface area contributed by atoms with Crippen LogP contribution >= 0.6 is 0 Å². The number of nitrogens with zero attached hydrogens (tertiary/aromatic N) is 2. The van der Waals surface area contributed by atoms with E-state index in [0.717, 1.165) is 17.8 Å². The van der Waals surface area contributed by atoms with Gasteiger partial charge in [0.1, 0.15) is 0 Å². The molecule has 0 aliphatic rings. The SMILES string of the molecule is CCn1cc([C@H](C)N)c(C)n1. The number of rotatable bonds is 2. The van der Waals surface area contributed by atoms with E-state index in [9.17, 15) is 0 Å². The average Bonchev–Trinajstić information content (AvgIpc) is 2.30. The van der Waals surface area contributed by atoms with Crippen LogP contribution in [0.25, 0.3) is 0 Å². The maximum absolute atomic E-state index is 5.73. The van der Waals surface area contributed by atoms with Gasteiger partial charge in [-0.25, -0.2) is 0 Å². The molecule has 0 radical (unpaired) electrons. The van der Waals surface area contributed by atoms with Crippen molar-refractivity contribution in [1.29, 1.82) is 0 Å². The summed E-state index contributed by atoms with van der Waals surface area (Å²) in [5.41, 5.74) is 7.92. The smallest absolute Gasteiger partial charge is 0.0641 e. The van der Waals surface area contributed by atoms with Crippen molar-refractivity contribution >= 4 is 0 Å². The highest BCUT2D eigenvalue weighted by Crippen LogP contribution is 2.12. The summed E-state index contributed by atoms with van der Waals surface area (Å²) in [6.07, 6.45) is 2.01. The second-order valence-corrected chi connectivity index (χ2v) is 2.81. The van der Waals surface area contributed by atoms with Crippen LogP contribution in [-0.2, 0) is 6.54 Å². The molecule has 0 saturated carbocycles. The molecule has 0 spiro atoms. The lowest BCUT2D eigenvalue weighted by Crippen LogP contribution is -2.04. The lowest BCUT2D eigenvalue weighted by atomic mass is 10.1. The van der Waals surface area contributed by atoms with Gasteiger partial charge in [-0.05, 0) is 20.8 Å². The van der Waals surface area contributed by atoms with Crippen molar-refractivity contribution < 1.29 is 0 Å². The minimum absolute atomic E-state index is 0.0929. The second kappa shape index (κ2) is 3.05. The molecular weight excluding hydrogens is 138 g/mol. The Morgan fingerprint density at radius 2 is 2.36 bits per heavy atom. The third-order valence-corrected chi connectivity index (χ3v) is 1.80. The van der Waals surface area contributed by atoms with Crippen molar-refractivity contribution in [1.82, 2.24) is 9.78 Å². The lowest BCUT2D eigenvalue weighted by molar-refractivity contribution is 0.652. The van der Waals surface area contributed by atoms with Gasteiger partial charge in [0.15, 0.2) is 0 Å². The first-order chi connectivity index (χ1) is 5.15. The summed E-state index contributed by atoms with van der Waals surface area (Å²) in [6, 6.07) is 0.0929. The topological polar surface area (TPSA) is 43.8 Å². The Morgan fingerprint density at radius 3 is 2.64 bits per heavy atom. The van der Waals surface area contributed by atoms with Crippen LogP contribution in [0.3, 0.4) is 0 Å². The summed E-state index contributed by atoms with van der Waals surface area (Å²) >= 11 is 0. The number of aromatic nitrogens is 2. The van der Waals surface area contributed by atoms with Crippen LogP contribution in [0.2, 0.25) is 0 Å². The summed E-state index contributed by atoms with van der Waals surface area (Å²) in [5.74, 6) is 0. The first-order valence-corrected chi connectivity index (χ1v) is 3.94. The van der Waals surface area contributed by atoms with Crippen LogP contribution in [-0.4, -0.2) is 9.78 Å². The standard InChI is InChI=1S/C8H15N3/c1-4-11-5-8(6(2)9)7(3)10-11/h5-6H,4,9H2,1-3H3/t6-/m0/s1. The first-order valence-electron chi connectivity index (χ1n) is 3.94. The molecule has 0 saturated heterocycles. The monoisotopic (exact) mass is 153 g/mol. The minimum atomic E-state index is 0.0929. The van der Waals surface area contributed by atoms with E-state index in [0.29, 0.717) is 0 Å². The Labute approximate surface area is 67.2 Å². The van der Waals surface area contributed by atoms with Gasteiger partial charge in [0, 0.05) is 24.3 Å². The highest BCUT2D eigenvalue weighted by atomic mass is 15.3. The van der Waals surface area contributed by atoms with E-state index in [1.807, 2.05) is 24.7 Å². The molecule has 0 aliphatic carbocycles. The molecule has 1 aromatic heterocycles. The zero-order valence-electron chi connectivity index (χ0n) is 7.33. The van der Waals surface area contributed by atoms with Crippen LogP contribution in [0.1, 0.15) is 31.1 Å². The summed E-state index contributed by atoms with van der Waals surface area (Å²) in [6.45, 7) is 6.94. The first kappa shape index (κ1) is 8.27. The highest BCUT2D eigenvalue weighted by Gasteiger charge is 2.06. The zero-order valence-corrected chi connectivity index (χ0v) is 7.33. The molecule has 3 heteroatoms. The van der Waals surface area contributed by atoms with Crippen molar-refractivity contribution in [2.24, 2.45) is 5.73 Å². The summed E-state index contributed by atoms with van der Waals surface area (Å²) < 4.78 is 1.91. The maximum Gasteiger partial charge on any atom is 0.0641 e. The Morgan fingerprint density at radius 1 is 1.73 bits per heavy atom. The number of hydrogen-bond donors (Lipinski definition) is 1. The molecule has 1 heterocycles. The molecule has 0 bridgehead atoms. The predicted octanol–water partition coefficient (Wildman–Crippen LogP) is 1.23. The molecule has 0 aliphatic heterocycles. The van der Waals surface area contributed by atoms with Crippen molar-refractivity contribution in [2.75, 3.05) is 0 Å². The van der Waals surface area contributed by atoms with E-state index < -0.39 is 0 Å². The van der Waals surface area contributed by atoms with Gasteiger partial charge in [-0.3, -0.25) is 4.68 Å². The normalized spacial score (nSPS) is 13.5. The number of hydrogen-bond acceptors (Lipinski definition) is 2. The molecule has 0 unspecified atom stereocenters. The van der Waals surface area contributed by atoms with Crippen molar-refractivity contribution in [3.63, 3.8) is 0 Å². The van der Waals surface area contributed by atoms with Gasteiger partial charge < -0.3 is 5.73 Å². The van der Waals surface area contributed by atoms with Crippen LogP contribution in [0.5, 0.6) is 0 Å². The van der Waals surface area contributed by atoms with Gasteiger partial charge in [0.05, 0.1) is 5.69 Å². The van der Waals surface area contributed by atoms with Crippen LogP contribution in [0.15, 0.2) is 6.20 Å². The van der Waals surface area contributed by atoms with Crippen LogP contribution in [0.4, 0.5) is 0 Å². The summed E-state index contributed by atoms with van der Waals surface area (Å²) in [4.78, 5) is 0. The average molecular weight is 153 g/mol. The Balaban J connectivity index is 2.97. The molecular formula is C8H15N3. The Kier molecular flexibility index (Phi) is 2.29. The Bertz CT molecular complexity index is 237. The molecule has 62 valence electrons. The molecule has 1 rings (SSSR count). The maximum atomic E-state index is 5.73. The van der Waals surface area contributed by atoms with Gasteiger partial charge in [-0.15, -0.1) is 0 Å². The molecule has 3 nitrogen and oxygen atoms in total. The second-order valence-electron chi connectivity index (χ2n) is 2.81. The van der Waals surface area contributed by atoms with Crippen LogP contribution in [0, 0.1) is 6.92 Å². The molecule has 2 N–H and O–H groups in total. The van der Waals surface area contributed by atoms with E-state index in [1.54, 1.807) is 0 Å². The quantitative estimate of drug-likeness (QED) is 0.694. The van der Waals surface area contributed by atoms with E-state index >= 15 is 0 Å². The van der Waals surface area contributed by atoms with Gasteiger partial charge in [-0.2, -0.15) is 5.10 Å².